The molecule has 0 aromatic rings. The Morgan fingerprint density at radius 3 is 1.42 bits per heavy atom. The van der Waals surface area contributed by atoms with Gasteiger partial charge in [-0.05, 0) is 0 Å². The Morgan fingerprint density at radius 2 is 1.17 bits per heavy atom. The molecule has 0 bridgehead atoms. The summed E-state index contributed by atoms with van der Waals surface area (Å²) in [6.07, 6.45) is 7.80. The molecule has 1 saturated heterocycles. The molecule has 0 aromatic heterocycles. The van der Waals surface area contributed by atoms with Gasteiger partial charge in [-0.1, -0.05) is 0 Å². The van der Waals surface area contributed by atoms with E-state index in [2.05, 4.69) is 27.7 Å². The molecule has 0 unspecified atom stereocenters. The first-order chi connectivity index (χ1) is 5.59. The van der Waals surface area contributed by atoms with Gasteiger partial charge in [0.2, 0.25) is 0 Å². The molecule has 0 spiro atoms. The van der Waals surface area contributed by atoms with Gasteiger partial charge in [-0.2, -0.15) is 0 Å². The van der Waals surface area contributed by atoms with Crippen molar-refractivity contribution in [2.75, 3.05) is 12.3 Å². The summed E-state index contributed by atoms with van der Waals surface area (Å²) in [4.78, 5) is 0. The van der Waals surface area contributed by atoms with Gasteiger partial charge >= 0.3 is 77.9 Å². The van der Waals surface area contributed by atoms with Crippen LogP contribution in [0.4, 0.5) is 0 Å². The van der Waals surface area contributed by atoms with E-state index in [-0.39, 0.29) is 0 Å². The summed E-state index contributed by atoms with van der Waals surface area (Å²) in [5.74, 6) is 0. The van der Waals surface area contributed by atoms with E-state index in [0.717, 1.165) is 11.3 Å². The zero-order chi connectivity index (χ0) is 9.19. The first kappa shape index (κ1) is 10.5. The van der Waals surface area contributed by atoms with Crippen LogP contribution in [0.25, 0.3) is 0 Å². The molecule has 12 heavy (non-hydrogen) atoms. The van der Waals surface area contributed by atoms with Crippen LogP contribution < -0.4 is 0 Å². The Hall–Kier alpha value is 0.430. The molecular formula is C11H25P. The second kappa shape index (κ2) is 4.09. The van der Waals surface area contributed by atoms with E-state index in [1.165, 1.54) is 19.3 Å². The Labute approximate surface area is 78.5 Å². The Morgan fingerprint density at radius 1 is 0.750 bits per heavy atom. The van der Waals surface area contributed by atoms with Crippen LogP contribution in [0.3, 0.4) is 0 Å². The molecule has 1 heteroatoms. The fraction of sp³-hybridized carbons (Fsp3) is 1.00. The summed E-state index contributed by atoms with van der Waals surface area (Å²) in [6.45, 7) is 9.88. The third-order valence-corrected chi connectivity index (χ3v) is 11.3. The van der Waals surface area contributed by atoms with Gasteiger partial charge in [-0.3, -0.25) is 0 Å². The summed E-state index contributed by atoms with van der Waals surface area (Å²) in [5, 5.41) is 0. The average molecular weight is 188 g/mol. The Bertz CT molecular complexity index is 122. The molecule has 0 atom stereocenters. The van der Waals surface area contributed by atoms with Crippen LogP contribution in [0.1, 0.15) is 47.0 Å². The Kier molecular flexibility index (Phi) is 3.58. The SMILES string of the molecule is CC(C)[PH]1(C(C)C)CCCCC1. The van der Waals surface area contributed by atoms with Crippen LogP contribution in [0.15, 0.2) is 0 Å². The molecule has 1 heterocycles. The predicted octanol–water partition coefficient (Wildman–Crippen LogP) is 3.74. The van der Waals surface area contributed by atoms with E-state index in [9.17, 15) is 0 Å². The summed E-state index contributed by atoms with van der Waals surface area (Å²) in [7, 11) is -0.837. The zero-order valence-electron chi connectivity index (χ0n) is 9.19. The third kappa shape index (κ3) is 1.84. The minimum atomic E-state index is -0.837. The molecule has 1 aliphatic rings. The molecule has 1 aliphatic heterocycles. The molecule has 1 fully saturated rings. The summed E-state index contributed by atoms with van der Waals surface area (Å²) in [6, 6.07) is 0. The molecule has 0 N–H and O–H groups in total. The summed E-state index contributed by atoms with van der Waals surface area (Å²) in [5.41, 5.74) is 2.02. The van der Waals surface area contributed by atoms with Gasteiger partial charge in [-0.15, -0.1) is 0 Å². The number of rotatable bonds is 2. The molecule has 0 saturated carbocycles. The molecule has 0 amide bonds. The fourth-order valence-electron chi connectivity index (χ4n) is 3.03. The van der Waals surface area contributed by atoms with Crippen molar-refractivity contribution in [3.05, 3.63) is 0 Å². The second-order valence-corrected chi connectivity index (χ2v) is 10.9. The minimum absolute atomic E-state index is 0.837. The van der Waals surface area contributed by atoms with E-state index in [4.69, 9.17) is 0 Å². The third-order valence-electron chi connectivity index (χ3n) is 4.08. The first-order valence-electron chi connectivity index (χ1n) is 5.59. The van der Waals surface area contributed by atoms with Crippen molar-refractivity contribution in [2.45, 2.75) is 58.3 Å². The Balaban J connectivity index is 2.70. The molecule has 74 valence electrons. The monoisotopic (exact) mass is 188 g/mol. The number of hydrogen-bond donors (Lipinski definition) is 0. The quantitative estimate of drug-likeness (QED) is 0.579. The van der Waals surface area contributed by atoms with Crippen molar-refractivity contribution in [3.63, 3.8) is 0 Å². The second-order valence-electron chi connectivity index (χ2n) is 5.10. The predicted molar refractivity (Wildman–Crippen MR) is 62.2 cm³/mol. The van der Waals surface area contributed by atoms with Gasteiger partial charge in [0.15, 0.2) is 0 Å². The number of hydrogen-bond acceptors (Lipinski definition) is 0. The molecule has 1 rings (SSSR count). The van der Waals surface area contributed by atoms with Gasteiger partial charge in [0.05, 0.1) is 0 Å². The van der Waals surface area contributed by atoms with E-state index >= 15 is 0 Å². The van der Waals surface area contributed by atoms with Crippen molar-refractivity contribution in [1.82, 2.24) is 0 Å². The maximum absolute atomic E-state index is 2.47. The van der Waals surface area contributed by atoms with Crippen molar-refractivity contribution in [2.24, 2.45) is 0 Å². The van der Waals surface area contributed by atoms with E-state index < -0.39 is 7.26 Å². The maximum atomic E-state index is 2.47. The normalized spacial score (nSPS) is 26.2. The summed E-state index contributed by atoms with van der Waals surface area (Å²) < 4.78 is 0. The molecule has 0 nitrogen and oxygen atoms in total. The topological polar surface area (TPSA) is 0 Å². The van der Waals surface area contributed by atoms with E-state index in [1.807, 2.05) is 0 Å². The van der Waals surface area contributed by atoms with Crippen LogP contribution >= 0.6 is 7.26 Å². The standard InChI is InChI=1S/C11H25P/c1-10(2)12(11(3)4)8-6-5-7-9-12/h10-12H,5-9H2,1-4H3. The van der Waals surface area contributed by atoms with Gasteiger partial charge in [0.1, 0.15) is 0 Å². The zero-order valence-corrected chi connectivity index (χ0v) is 10.2. The van der Waals surface area contributed by atoms with Crippen molar-refractivity contribution in [3.8, 4) is 0 Å². The fourth-order valence-corrected chi connectivity index (χ4v) is 8.74. The van der Waals surface area contributed by atoms with Crippen LogP contribution in [0.5, 0.6) is 0 Å². The van der Waals surface area contributed by atoms with E-state index in [0.29, 0.717) is 0 Å². The van der Waals surface area contributed by atoms with Crippen LogP contribution in [0.2, 0.25) is 0 Å². The van der Waals surface area contributed by atoms with Gasteiger partial charge in [-0.25, -0.2) is 0 Å². The van der Waals surface area contributed by atoms with Crippen LogP contribution in [-0.2, 0) is 0 Å². The van der Waals surface area contributed by atoms with Gasteiger partial charge < -0.3 is 0 Å². The van der Waals surface area contributed by atoms with Crippen molar-refractivity contribution in [1.29, 1.82) is 0 Å². The average Bonchev–Trinajstić information content (AvgIpc) is 2.05. The van der Waals surface area contributed by atoms with Crippen molar-refractivity contribution >= 4 is 7.26 Å². The van der Waals surface area contributed by atoms with Gasteiger partial charge in [0, 0.05) is 0 Å². The molecule has 0 radical (unpaired) electrons. The molecular weight excluding hydrogens is 163 g/mol. The molecule has 0 aromatic carbocycles. The van der Waals surface area contributed by atoms with Crippen LogP contribution in [-0.4, -0.2) is 23.6 Å². The van der Waals surface area contributed by atoms with E-state index in [1.54, 1.807) is 12.3 Å². The summed E-state index contributed by atoms with van der Waals surface area (Å²) >= 11 is 0. The molecule has 0 aliphatic carbocycles. The van der Waals surface area contributed by atoms with Crippen molar-refractivity contribution < 1.29 is 0 Å². The first-order valence-corrected chi connectivity index (χ1v) is 8.16. The van der Waals surface area contributed by atoms with Crippen LogP contribution in [0, 0.1) is 0 Å². The van der Waals surface area contributed by atoms with Gasteiger partial charge in [0.25, 0.3) is 0 Å².